The van der Waals surface area contributed by atoms with Crippen LogP contribution < -0.4 is 5.32 Å². The highest BCUT2D eigenvalue weighted by Crippen LogP contribution is 2.21. The van der Waals surface area contributed by atoms with Crippen molar-refractivity contribution in [3.63, 3.8) is 0 Å². The number of rotatable bonds is 15. The van der Waals surface area contributed by atoms with Crippen LogP contribution in [0.4, 0.5) is 4.79 Å². The van der Waals surface area contributed by atoms with Crippen LogP contribution >= 0.6 is 0 Å². The first-order valence-corrected chi connectivity index (χ1v) is 13.3. The standard InChI is InChI=1S/C29H44N2O9/c1-21(25(34)40-28(2,3)4)13-14-23(32)30-16-17-31(27(36)39-19-22-11-9-8-10-12-22)20-29(5,6)26(35)38-18-15-24(33)37-7/h8-12,21H,13-20H2,1-7H3,(H,30,32)/t21-/m0/s1. The van der Waals surface area contributed by atoms with E-state index in [1.54, 1.807) is 41.5 Å². The summed E-state index contributed by atoms with van der Waals surface area (Å²) >= 11 is 0. The summed E-state index contributed by atoms with van der Waals surface area (Å²) in [6.45, 7) is 10.3. The molecule has 0 spiro atoms. The van der Waals surface area contributed by atoms with Crippen LogP contribution in [0.2, 0.25) is 0 Å². The number of ether oxygens (including phenoxy) is 4. The predicted molar refractivity (Wildman–Crippen MR) is 147 cm³/mol. The maximum absolute atomic E-state index is 13.0. The Bertz CT molecular complexity index is 987. The quantitative estimate of drug-likeness (QED) is 0.250. The fraction of sp³-hybridized carbons (Fsp3) is 0.621. The normalized spacial score (nSPS) is 12.1. The molecule has 0 bridgehead atoms. The van der Waals surface area contributed by atoms with Gasteiger partial charge in [0.1, 0.15) is 18.8 Å². The van der Waals surface area contributed by atoms with Crippen LogP contribution in [0, 0.1) is 11.3 Å². The number of esters is 3. The van der Waals surface area contributed by atoms with Gasteiger partial charge in [0.25, 0.3) is 0 Å². The van der Waals surface area contributed by atoms with Crippen LogP contribution in [0.15, 0.2) is 30.3 Å². The fourth-order valence-electron chi connectivity index (χ4n) is 3.40. The molecule has 0 saturated carbocycles. The van der Waals surface area contributed by atoms with Gasteiger partial charge in [-0.15, -0.1) is 0 Å². The van der Waals surface area contributed by atoms with Crippen LogP contribution in [0.5, 0.6) is 0 Å². The van der Waals surface area contributed by atoms with Crippen molar-refractivity contribution in [2.75, 3.05) is 33.4 Å². The Balaban J connectivity index is 2.73. The van der Waals surface area contributed by atoms with Crippen molar-refractivity contribution in [2.45, 2.75) is 73.0 Å². The summed E-state index contributed by atoms with van der Waals surface area (Å²) in [5, 5.41) is 2.74. The minimum absolute atomic E-state index is 0.0368. The summed E-state index contributed by atoms with van der Waals surface area (Å²) in [6, 6.07) is 9.14. The Morgan fingerprint density at radius 2 is 1.60 bits per heavy atom. The zero-order chi connectivity index (χ0) is 30.3. The summed E-state index contributed by atoms with van der Waals surface area (Å²) in [7, 11) is 1.24. The molecule has 0 aliphatic carbocycles. The molecule has 1 N–H and O–H groups in total. The van der Waals surface area contributed by atoms with Gasteiger partial charge in [-0.1, -0.05) is 37.3 Å². The molecule has 0 heterocycles. The summed E-state index contributed by atoms with van der Waals surface area (Å²) in [4.78, 5) is 62.8. The first kappa shape index (κ1) is 34.4. The summed E-state index contributed by atoms with van der Waals surface area (Å²) in [6.07, 6.45) is -0.322. The zero-order valence-electron chi connectivity index (χ0n) is 24.7. The Kier molecular flexibility index (Phi) is 14.2. The molecule has 1 atom stereocenters. The molecule has 0 aromatic heterocycles. The largest absolute Gasteiger partial charge is 0.469 e. The number of amides is 2. The maximum atomic E-state index is 13.0. The van der Waals surface area contributed by atoms with Crippen LogP contribution in [0.25, 0.3) is 0 Å². The molecule has 2 amide bonds. The Labute approximate surface area is 236 Å². The molecule has 0 aliphatic heterocycles. The molecule has 0 aliphatic rings. The van der Waals surface area contributed by atoms with E-state index in [1.807, 2.05) is 30.3 Å². The van der Waals surface area contributed by atoms with E-state index in [9.17, 15) is 24.0 Å². The Hall–Kier alpha value is -3.63. The third kappa shape index (κ3) is 14.0. The van der Waals surface area contributed by atoms with Gasteiger partial charge in [-0.25, -0.2) is 4.79 Å². The van der Waals surface area contributed by atoms with Crippen molar-refractivity contribution in [1.29, 1.82) is 0 Å². The summed E-state index contributed by atoms with van der Waals surface area (Å²) in [5.74, 6) is -2.20. The lowest BCUT2D eigenvalue weighted by Crippen LogP contribution is -2.46. The summed E-state index contributed by atoms with van der Waals surface area (Å²) < 4.78 is 20.6. The van der Waals surface area contributed by atoms with Crippen molar-refractivity contribution >= 4 is 29.9 Å². The highest BCUT2D eigenvalue weighted by molar-refractivity contribution is 5.79. The fourth-order valence-corrected chi connectivity index (χ4v) is 3.40. The van der Waals surface area contributed by atoms with Gasteiger partial charge in [0, 0.05) is 26.1 Å². The topological polar surface area (TPSA) is 138 Å². The molecule has 11 nitrogen and oxygen atoms in total. The van der Waals surface area contributed by atoms with Gasteiger partial charge in [0.2, 0.25) is 5.91 Å². The molecule has 224 valence electrons. The number of nitrogens with zero attached hydrogens (tertiary/aromatic N) is 1. The lowest BCUT2D eigenvalue weighted by Gasteiger charge is -2.30. The SMILES string of the molecule is COC(=O)CCOC(=O)C(C)(C)CN(CCNC(=O)CC[C@H](C)C(=O)OC(C)(C)C)C(=O)OCc1ccccc1. The van der Waals surface area contributed by atoms with Crippen LogP contribution in [0.3, 0.4) is 0 Å². The average molecular weight is 565 g/mol. The van der Waals surface area contributed by atoms with Gasteiger partial charge < -0.3 is 29.2 Å². The number of carbonyl (C=O) groups excluding carboxylic acids is 5. The van der Waals surface area contributed by atoms with Crippen molar-refractivity contribution < 1.29 is 42.9 Å². The third-order valence-electron chi connectivity index (χ3n) is 5.69. The first-order chi connectivity index (χ1) is 18.6. The number of hydrogen-bond acceptors (Lipinski definition) is 9. The molecule has 0 fully saturated rings. The minimum atomic E-state index is -1.13. The second kappa shape index (κ2) is 16.5. The minimum Gasteiger partial charge on any atom is -0.469 e. The van der Waals surface area contributed by atoms with E-state index in [2.05, 4.69) is 10.1 Å². The van der Waals surface area contributed by atoms with E-state index in [0.717, 1.165) is 5.56 Å². The molecular formula is C29H44N2O9. The molecule has 0 saturated heterocycles. The second-order valence-corrected chi connectivity index (χ2v) is 11.1. The van der Waals surface area contributed by atoms with Gasteiger partial charge in [-0.2, -0.15) is 0 Å². The molecule has 1 rings (SSSR count). The molecule has 40 heavy (non-hydrogen) atoms. The predicted octanol–water partition coefficient (Wildman–Crippen LogP) is 3.63. The number of carbonyl (C=O) groups is 5. The third-order valence-corrected chi connectivity index (χ3v) is 5.69. The van der Waals surface area contributed by atoms with Crippen molar-refractivity contribution in [3.05, 3.63) is 35.9 Å². The van der Waals surface area contributed by atoms with Crippen LogP contribution in [0.1, 0.15) is 66.4 Å². The monoisotopic (exact) mass is 564 g/mol. The van der Waals surface area contributed by atoms with E-state index in [1.165, 1.54) is 12.0 Å². The number of methoxy groups -OCH3 is 1. The van der Waals surface area contributed by atoms with Gasteiger partial charge >= 0.3 is 24.0 Å². The molecule has 1 aromatic carbocycles. The number of benzene rings is 1. The van der Waals surface area contributed by atoms with Gasteiger partial charge in [-0.05, 0) is 46.6 Å². The van der Waals surface area contributed by atoms with Crippen molar-refractivity contribution in [1.82, 2.24) is 10.2 Å². The number of hydrogen-bond donors (Lipinski definition) is 1. The highest BCUT2D eigenvalue weighted by atomic mass is 16.6. The zero-order valence-corrected chi connectivity index (χ0v) is 24.7. The average Bonchev–Trinajstić information content (AvgIpc) is 2.88. The second-order valence-electron chi connectivity index (χ2n) is 11.1. The summed E-state index contributed by atoms with van der Waals surface area (Å²) in [5.41, 5.74) is -0.938. The Morgan fingerprint density at radius 3 is 2.20 bits per heavy atom. The van der Waals surface area contributed by atoms with E-state index < -0.39 is 35.0 Å². The highest BCUT2D eigenvalue weighted by Gasteiger charge is 2.34. The van der Waals surface area contributed by atoms with E-state index in [0.29, 0.717) is 6.42 Å². The number of nitrogens with one attached hydrogen (secondary N) is 1. The van der Waals surface area contributed by atoms with Crippen LogP contribution in [-0.2, 0) is 44.7 Å². The van der Waals surface area contributed by atoms with Gasteiger partial charge in [0.15, 0.2) is 0 Å². The molecule has 11 heteroatoms. The molecule has 0 unspecified atom stereocenters. The van der Waals surface area contributed by atoms with E-state index in [-0.39, 0.29) is 57.6 Å². The first-order valence-electron chi connectivity index (χ1n) is 13.3. The van der Waals surface area contributed by atoms with Crippen LogP contribution in [-0.4, -0.2) is 73.8 Å². The molecule has 0 radical (unpaired) electrons. The lowest BCUT2D eigenvalue weighted by atomic mass is 9.93. The van der Waals surface area contributed by atoms with Crippen molar-refractivity contribution in [2.24, 2.45) is 11.3 Å². The molecular weight excluding hydrogens is 520 g/mol. The van der Waals surface area contributed by atoms with Gasteiger partial charge in [-0.3, -0.25) is 19.2 Å². The van der Waals surface area contributed by atoms with Gasteiger partial charge in [0.05, 0.1) is 24.9 Å². The Morgan fingerprint density at radius 1 is 0.950 bits per heavy atom. The lowest BCUT2D eigenvalue weighted by molar-refractivity contribution is -0.160. The van der Waals surface area contributed by atoms with Crippen molar-refractivity contribution in [3.8, 4) is 0 Å². The van der Waals surface area contributed by atoms with E-state index >= 15 is 0 Å². The smallest absolute Gasteiger partial charge is 0.410 e. The maximum Gasteiger partial charge on any atom is 0.410 e. The molecule has 1 aromatic rings. The van der Waals surface area contributed by atoms with E-state index in [4.69, 9.17) is 14.2 Å².